The summed E-state index contributed by atoms with van der Waals surface area (Å²) in [7, 11) is 0. The molecule has 0 heterocycles. The highest BCUT2D eigenvalue weighted by atomic mass is 32.1. The first-order valence-corrected chi connectivity index (χ1v) is 3.61. The molecule has 2 aliphatic rings. The average Bonchev–Trinajstić information content (AvgIpc) is 2.52. The highest BCUT2D eigenvalue weighted by Gasteiger charge is 2.61. The molecule has 7 heavy (non-hydrogen) atoms. The monoisotopic (exact) mass is 114 g/mol. The standard InChI is InChI=1S/C6H10S/c7-4-5-3-6(5)1-2-6/h5,7H,1-4H2. The zero-order valence-corrected chi connectivity index (χ0v) is 5.25. The minimum atomic E-state index is 0.891. The molecule has 1 spiro atoms. The lowest BCUT2D eigenvalue weighted by atomic mass is 10.3. The van der Waals surface area contributed by atoms with Gasteiger partial charge in [-0.05, 0) is 36.3 Å². The van der Waals surface area contributed by atoms with Crippen LogP contribution in [0.3, 0.4) is 0 Å². The van der Waals surface area contributed by atoms with Crippen LogP contribution in [-0.2, 0) is 0 Å². The van der Waals surface area contributed by atoms with Crippen LogP contribution in [0, 0.1) is 11.3 Å². The van der Waals surface area contributed by atoms with Gasteiger partial charge in [0.2, 0.25) is 0 Å². The first-order chi connectivity index (χ1) is 3.37. The second-order valence-corrected chi connectivity index (χ2v) is 3.31. The second-order valence-electron chi connectivity index (χ2n) is 2.95. The molecule has 2 saturated carbocycles. The van der Waals surface area contributed by atoms with E-state index in [9.17, 15) is 0 Å². The van der Waals surface area contributed by atoms with Crippen LogP contribution in [0.5, 0.6) is 0 Å². The molecular formula is C6H10S. The molecule has 0 bridgehead atoms. The predicted molar refractivity (Wildman–Crippen MR) is 33.6 cm³/mol. The number of rotatable bonds is 1. The van der Waals surface area contributed by atoms with Gasteiger partial charge in [0, 0.05) is 0 Å². The van der Waals surface area contributed by atoms with Gasteiger partial charge in [-0.1, -0.05) is 0 Å². The molecule has 2 fully saturated rings. The van der Waals surface area contributed by atoms with Crippen LogP contribution in [0.1, 0.15) is 19.3 Å². The van der Waals surface area contributed by atoms with Gasteiger partial charge >= 0.3 is 0 Å². The molecule has 0 aromatic carbocycles. The van der Waals surface area contributed by atoms with E-state index < -0.39 is 0 Å². The Morgan fingerprint density at radius 1 is 1.57 bits per heavy atom. The highest BCUT2D eigenvalue weighted by Crippen LogP contribution is 2.70. The summed E-state index contributed by atoms with van der Waals surface area (Å²) in [6, 6.07) is 0. The molecule has 0 saturated heterocycles. The Morgan fingerprint density at radius 3 is 2.43 bits per heavy atom. The zero-order valence-electron chi connectivity index (χ0n) is 4.35. The molecule has 1 atom stereocenters. The predicted octanol–water partition coefficient (Wildman–Crippen LogP) is 1.72. The van der Waals surface area contributed by atoms with Crippen molar-refractivity contribution in [1.82, 2.24) is 0 Å². The first-order valence-electron chi connectivity index (χ1n) is 2.98. The van der Waals surface area contributed by atoms with Gasteiger partial charge in [-0.15, -0.1) is 0 Å². The van der Waals surface area contributed by atoms with Crippen LogP contribution in [0.2, 0.25) is 0 Å². The molecular weight excluding hydrogens is 104 g/mol. The van der Waals surface area contributed by atoms with Gasteiger partial charge in [0.15, 0.2) is 0 Å². The molecule has 0 radical (unpaired) electrons. The van der Waals surface area contributed by atoms with Gasteiger partial charge in [-0.3, -0.25) is 0 Å². The number of hydrogen-bond donors (Lipinski definition) is 1. The van der Waals surface area contributed by atoms with Crippen molar-refractivity contribution in [2.45, 2.75) is 19.3 Å². The van der Waals surface area contributed by atoms with Crippen LogP contribution in [-0.4, -0.2) is 5.75 Å². The van der Waals surface area contributed by atoms with E-state index in [-0.39, 0.29) is 0 Å². The summed E-state index contributed by atoms with van der Waals surface area (Å²) >= 11 is 4.23. The van der Waals surface area contributed by atoms with Crippen LogP contribution >= 0.6 is 12.6 Å². The van der Waals surface area contributed by atoms with E-state index in [1.165, 1.54) is 19.3 Å². The molecule has 2 rings (SSSR count). The summed E-state index contributed by atoms with van der Waals surface area (Å²) in [5.41, 5.74) is 0.891. The normalized spacial score (nSPS) is 41.6. The van der Waals surface area contributed by atoms with Crippen molar-refractivity contribution < 1.29 is 0 Å². The Kier molecular flexibility index (Phi) is 0.619. The molecule has 0 aromatic heterocycles. The average molecular weight is 114 g/mol. The van der Waals surface area contributed by atoms with Crippen LogP contribution in [0.25, 0.3) is 0 Å². The summed E-state index contributed by atoms with van der Waals surface area (Å²) in [5.74, 6) is 2.16. The van der Waals surface area contributed by atoms with E-state index in [1.807, 2.05) is 0 Å². The minimum absolute atomic E-state index is 0.891. The first kappa shape index (κ1) is 4.25. The molecule has 0 N–H and O–H groups in total. The van der Waals surface area contributed by atoms with E-state index in [0.717, 1.165) is 17.1 Å². The molecule has 0 aromatic rings. The molecule has 1 heteroatoms. The fourth-order valence-electron chi connectivity index (χ4n) is 1.46. The number of hydrogen-bond acceptors (Lipinski definition) is 1. The van der Waals surface area contributed by atoms with Crippen molar-refractivity contribution in [3.63, 3.8) is 0 Å². The Labute approximate surface area is 49.7 Å². The van der Waals surface area contributed by atoms with E-state index in [1.54, 1.807) is 0 Å². The summed E-state index contributed by atoms with van der Waals surface area (Å²) in [6.45, 7) is 0. The third-order valence-corrected chi connectivity index (χ3v) is 2.91. The maximum atomic E-state index is 4.23. The van der Waals surface area contributed by atoms with Gasteiger partial charge in [0.05, 0.1) is 0 Å². The fourth-order valence-corrected chi connectivity index (χ4v) is 1.98. The number of thiol groups is 1. The topological polar surface area (TPSA) is 0 Å². The lowest BCUT2D eigenvalue weighted by Crippen LogP contribution is -1.78. The summed E-state index contributed by atoms with van der Waals surface area (Å²) in [6.07, 6.45) is 4.52. The van der Waals surface area contributed by atoms with E-state index >= 15 is 0 Å². The quantitative estimate of drug-likeness (QED) is 0.493. The lowest BCUT2D eigenvalue weighted by molar-refractivity contribution is 0.782. The van der Waals surface area contributed by atoms with Gasteiger partial charge in [0.1, 0.15) is 0 Å². The maximum Gasteiger partial charge on any atom is -0.00640 e. The van der Waals surface area contributed by atoms with Crippen molar-refractivity contribution in [2.75, 3.05) is 5.75 Å². The largest absolute Gasteiger partial charge is 0.179 e. The van der Waals surface area contributed by atoms with E-state index in [4.69, 9.17) is 0 Å². The van der Waals surface area contributed by atoms with Gasteiger partial charge < -0.3 is 0 Å². The molecule has 0 aliphatic heterocycles. The third-order valence-electron chi connectivity index (χ3n) is 2.47. The van der Waals surface area contributed by atoms with Crippen molar-refractivity contribution in [2.24, 2.45) is 11.3 Å². The Bertz CT molecular complexity index is 94.4. The van der Waals surface area contributed by atoms with Crippen molar-refractivity contribution in [3.8, 4) is 0 Å². The molecule has 1 unspecified atom stereocenters. The molecule has 40 valence electrons. The third kappa shape index (κ3) is 0.449. The van der Waals surface area contributed by atoms with E-state index in [0.29, 0.717) is 0 Å². The SMILES string of the molecule is SCC1CC12CC2. The van der Waals surface area contributed by atoms with Crippen molar-refractivity contribution >= 4 is 12.6 Å². The Morgan fingerprint density at radius 2 is 2.29 bits per heavy atom. The fraction of sp³-hybridized carbons (Fsp3) is 1.00. The summed E-state index contributed by atoms with van der Waals surface area (Å²) in [5, 5.41) is 0. The Balaban J connectivity index is 1.97. The molecule has 0 amide bonds. The smallest absolute Gasteiger partial charge is 0.00640 e. The van der Waals surface area contributed by atoms with Gasteiger partial charge in [-0.25, -0.2) is 0 Å². The lowest BCUT2D eigenvalue weighted by Gasteiger charge is -1.81. The maximum absolute atomic E-state index is 4.23. The molecule has 2 aliphatic carbocycles. The van der Waals surface area contributed by atoms with Gasteiger partial charge in [0.25, 0.3) is 0 Å². The minimum Gasteiger partial charge on any atom is -0.179 e. The van der Waals surface area contributed by atoms with Crippen LogP contribution in [0.4, 0.5) is 0 Å². The van der Waals surface area contributed by atoms with Crippen LogP contribution < -0.4 is 0 Å². The second kappa shape index (κ2) is 1.02. The molecule has 0 nitrogen and oxygen atoms in total. The van der Waals surface area contributed by atoms with Gasteiger partial charge in [-0.2, -0.15) is 12.6 Å². The highest BCUT2D eigenvalue weighted by molar-refractivity contribution is 7.80. The zero-order chi connectivity index (χ0) is 4.91. The summed E-state index contributed by atoms with van der Waals surface area (Å²) in [4.78, 5) is 0. The Hall–Kier alpha value is 0.350. The van der Waals surface area contributed by atoms with Crippen molar-refractivity contribution in [3.05, 3.63) is 0 Å². The van der Waals surface area contributed by atoms with Crippen LogP contribution in [0.15, 0.2) is 0 Å². The summed E-state index contributed by atoms with van der Waals surface area (Å²) < 4.78 is 0. The van der Waals surface area contributed by atoms with Crippen molar-refractivity contribution in [1.29, 1.82) is 0 Å². The van der Waals surface area contributed by atoms with E-state index in [2.05, 4.69) is 12.6 Å².